The number of hydrogen-bond acceptors (Lipinski definition) is 3. The molecule has 4 nitrogen and oxygen atoms in total. The van der Waals surface area contributed by atoms with E-state index in [1.54, 1.807) is 4.90 Å². The van der Waals surface area contributed by atoms with E-state index < -0.39 is 5.60 Å². The molecule has 1 aliphatic heterocycles. The summed E-state index contributed by atoms with van der Waals surface area (Å²) in [7, 11) is 0. The van der Waals surface area contributed by atoms with Crippen molar-refractivity contribution in [1.29, 1.82) is 0 Å². The third-order valence-corrected chi connectivity index (χ3v) is 2.80. The molecule has 0 saturated carbocycles. The summed E-state index contributed by atoms with van der Waals surface area (Å²) in [6, 6.07) is 7.38. The molecule has 1 heterocycles. The van der Waals surface area contributed by atoms with Gasteiger partial charge in [0.25, 0.3) is 0 Å². The standard InChI is InChI=1S/C16H19NO3/c1-5-12-7-6-8-13(9-12)19-14-10-17(11-14)15(18)20-16(2,3)4/h1,6-9,14H,10-11H2,2-4H3. The van der Waals surface area contributed by atoms with Crippen molar-refractivity contribution in [3.63, 3.8) is 0 Å². The molecule has 1 aliphatic rings. The van der Waals surface area contributed by atoms with Crippen LogP contribution in [0, 0.1) is 12.3 Å². The van der Waals surface area contributed by atoms with Gasteiger partial charge in [0.2, 0.25) is 0 Å². The minimum Gasteiger partial charge on any atom is -0.487 e. The SMILES string of the molecule is C#Cc1cccc(OC2CN(C(=O)OC(C)(C)C)C2)c1. The lowest BCUT2D eigenvalue weighted by Gasteiger charge is -2.39. The van der Waals surface area contributed by atoms with E-state index >= 15 is 0 Å². The largest absolute Gasteiger partial charge is 0.487 e. The Labute approximate surface area is 119 Å². The average molecular weight is 273 g/mol. The van der Waals surface area contributed by atoms with Crippen molar-refractivity contribution in [2.75, 3.05) is 13.1 Å². The highest BCUT2D eigenvalue weighted by Gasteiger charge is 2.35. The van der Waals surface area contributed by atoms with Crippen molar-refractivity contribution in [3.05, 3.63) is 29.8 Å². The molecule has 0 spiro atoms. The Balaban J connectivity index is 1.82. The van der Waals surface area contributed by atoms with Gasteiger partial charge >= 0.3 is 6.09 Å². The quantitative estimate of drug-likeness (QED) is 0.778. The zero-order chi connectivity index (χ0) is 14.8. The van der Waals surface area contributed by atoms with Crippen LogP contribution in [0.2, 0.25) is 0 Å². The van der Waals surface area contributed by atoms with Crippen LogP contribution in [-0.4, -0.2) is 35.8 Å². The highest BCUT2D eigenvalue weighted by atomic mass is 16.6. The van der Waals surface area contributed by atoms with Gasteiger partial charge in [-0.2, -0.15) is 0 Å². The lowest BCUT2D eigenvalue weighted by Crippen LogP contribution is -2.57. The van der Waals surface area contributed by atoms with Crippen molar-refractivity contribution >= 4 is 6.09 Å². The van der Waals surface area contributed by atoms with Gasteiger partial charge in [-0.05, 0) is 39.0 Å². The van der Waals surface area contributed by atoms with E-state index in [1.807, 2.05) is 45.0 Å². The first-order valence-electron chi connectivity index (χ1n) is 6.58. The number of carbonyl (C=O) groups excluding carboxylic acids is 1. The van der Waals surface area contributed by atoms with Crippen molar-refractivity contribution in [2.24, 2.45) is 0 Å². The summed E-state index contributed by atoms with van der Waals surface area (Å²) in [5.74, 6) is 3.30. The van der Waals surface area contributed by atoms with Crippen molar-refractivity contribution < 1.29 is 14.3 Å². The summed E-state index contributed by atoms with van der Waals surface area (Å²) in [4.78, 5) is 13.4. The van der Waals surface area contributed by atoms with Gasteiger partial charge in [-0.1, -0.05) is 12.0 Å². The van der Waals surface area contributed by atoms with Crippen LogP contribution in [0.5, 0.6) is 5.75 Å². The molecule has 1 saturated heterocycles. The summed E-state index contributed by atoms with van der Waals surface area (Å²) < 4.78 is 11.0. The smallest absolute Gasteiger partial charge is 0.410 e. The molecular weight excluding hydrogens is 254 g/mol. The predicted molar refractivity (Wildman–Crippen MR) is 76.6 cm³/mol. The van der Waals surface area contributed by atoms with Crippen LogP contribution in [0.3, 0.4) is 0 Å². The number of amides is 1. The number of ether oxygens (including phenoxy) is 2. The first-order chi connectivity index (χ1) is 9.37. The number of rotatable bonds is 2. The van der Waals surface area contributed by atoms with Gasteiger partial charge in [0.1, 0.15) is 17.5 Å². The van der Waals surface area contributed by atoms with E-state index in [0.717, 1.165) is 11.3 Å². The maximum absolute atomic E-state index is 11.8. The Morgan fingerprint density at radius 1 is 1.40 bits per heavy atom. The van der Waals surface area contributed by atoms with Gasteiger partial charge in [-0.25, -0.2) is 4.79 Å². The van der Waals surface area contributed by atoms with E-state index in [4.69, 9.17) is 15.9 Å². The maximum Gasteiger partial charge on any atom is 0.410 e. The van der Waals surface area contributed by atoms with Gasteiger partial charge in [0, 0.05) is 5.56 Å². The van der Waals surface area contributed by atoms with E-state index in [2.05, 4.69) is 5.92 Å². The van der Waals surface area contributed by atoms with Crippen LogP contribution >= 0.6 is 0 Å². The summed E-state index contributed by atoms with van der Waals surface area (Å²) >= 11 is 0. The summed E-state index contributed by atoms with van der Waals surface area (Å²) in [6.07, 6.45) is 5.04. The molecule has 0 aromatic heterocycles. The van der Waals surface area contributed by atoms with Crippen LogP contribution in [0.25, 0.3) is 0 Å². The minimum absolute atomic E-state index is 0.00413. The molecule has 0 aliphatic carbocycles. The van der Waals surface area contributed by atoms with Gasteiger partial charge in [-0.15, -0.1) is 6.42 Å². The summed E-state index contributed by atoms with van der Waals surface area (Å²) in [6.45, 7) is 6.63. The highest BCUT2D eigenvalue weighted by molar-refractivity contribution is 5.69. The lowest BCUT2D eigenvalue weighted by atomic mass is 10.1. The Morgan fingerprint density at radius 3 is 2.70 bits per heavy atom. The van der Waals surface area contributed by atoms with Crippen molar-refractivity contribution in [3.8, 4) is 18.1 Å². The Hall–Kier alpha value is -2.15. The lowest BCUT2D eigenvalue weighted by molar-refractivity contribution is -0.0221. The van der Waals surface area contributed by atoms with Gasteiger partial charge in [0.15, 0.2) is 0 Å². The highest BCUT2D eigenvalue weighted by Crippen LogP contribution is 2.21. The fourth-order valence-corrected chi connectivity index (χ4v) is 1.84. The number of likely N-dealkylation sites (tertiary alicyclic amines) is 1. The molecule has 0 N–H and O–H groups in total. The second-order valence-electron chi connectivity index (χ2n) is 5.80. The van der Waals surface area contributed by atoms with Crippen LogP contribution in [0.4, 0.5) is 4.79 Å². The Morgan fingerprint density at radius 2 is 2.10 bits per heavy atom. The van der Waals surface area contributed by atoms with Crippen LogP contribution in [0.15, 0.2) is 24.3 Å². The van der Waals surface area contributed by atoms with Crippen molar-refractivity contribution in [2.45, 2.75) is 32.5 Å². The van der Waals surface area contributed by atoms with Crippen LogP contribution in [-0.2, 0) is 4.74 Å². The third kappa shape index (κ3) is 3.67. The zero-order valence-electron chi connectivity index (χ0n) is 12.1. The van der Waals surface area contributed by atoms with Gasteiger partial charge < -0.3 is 14.4 Å². The molecule has 20 heavy (non-hydrogen) atoms. The number of terminal acetylenes is 1. The first-order valence-corrected chi connectivity index (χ1v) is 6.58. The van der Waals surface area contributed by atoms with E-state index in [1.165, 1.54) is 0 Å². The molecule has 4 heteroatoms. The monoisotopic (exact) mass is 273 g/mol. The number of carbonyl (C=O) groups is 1. The molecular formula is C16H19NO3. The molecule has 0 radical (unpaired) electrons. The van der Waals surface area contributed by atoms with E-state index in [-0.39, 0.29) is 12.2 Å². The molecule has 1 aromatic carbocycles. The number of benzene rings is 1. The number of nitrogens with zero attached hydrogens (tertiary/aromatic N) is 1. The van der Waals surface area contributed by atoms with Gasteiger partial charge in [0.05, 0.1) is 13.1 Å². The second kappa shape index (κ2) is 5.46. The van der Waals surface area contributed by atoms with E-state index in [9.17, 15) is 4.79 Å². The molecule has 0 atom stereocenters. The maximum atomic E-state index is 11.8. The fourth-order valence-electron chi connectivity index (χ4n) is 1.84. The molecule has 106 valence electrons. The minimum atomic E-state index is -0.468. The number of hydrogen-bond donors (Lipinski definition) is 0. The molecule has 1 amide bonds. The van der Waals surface area contributed by atoms with Crippen molar-refractivity contribution in [1.82, 2.24) is 4.90 Å². The normalized spacial score (nSPS) is 15.2. The fraction of sp³-hybridized carbons (Fsp3) is 0.438. The molecule has 0 unspecified atom stereocenters. The molecule has 1 aromatic rings. The Bertz CT molecular complexity index is 533. The first kappa shape index (κ1) is 14.3. The molecule has 0 bridgehead atoms. The summed E-state index contributed by atoms with van der Waals surface area (Å²) in [5.41, 5.74) is 0.315. The topological polar surface area (TPSA) is 38.8 Å². The van der Waals surface area contributed by atoms with Crippen LogP contribution < -0.4 is 4.74 Å². The van der Waals surface area contributed by atoms with Gasteiger partial charge in [-0.3, -0.25) is 0 Å². The molecule has 2 rings (SSSR count). The average Bonchev–Trinajstić information content (AvgIpc) is 2.31. The third-order valence-electron chi connectivity index (χ3n) is 2.80. The van der Waals surface area contributed by atoms with E-state index in [0.29, 0.717) is 13.1 Å². The predicted octanol–water partition coefficient (Wildman–Crippen LogP) is 2.67. The molecule has 1 fully saturated rings. The Kier molecular flexibility index (Phi) is 3.89. The zero-order valence-corrected chi connectivity index (χ0v) is 12.1. The second-order valence-corrected chi connectivity index (χ2v) is 5.80. The van der Waals surface area contributed by atoms with Crippen LogP contribution in [0.1, 0.15) is 26.3 Å². The summed E-state index contributed by atoms with van der Waals surface area (Å²) in [5, 5.41) is 0.